The van der Waals surface area contributed by atoms with E-state index in [1.165, 1.54) is 4.88 Å². The number of halogens is 1. The van der Waals surface area contributed by atoms with Crippen LogP contribution in [0.1, 0.15) is 10.4 Å². The molecular weight excluding hydrogens is 320 g/mol. The number of hydrogen-bond acceptors (Lipinski definition) is 4. The second-order valence-electron chi connectivity index (χ2n) is 3.89. The Kier molecular flexibility index (Phi) is 2.68. The summed E-state index contributed by atoms with van der Waals surface area (Å²) < 4.78 is 2.08. The summed E-state index contributed by atoms with van der Waals surface area (Å²) in [7, 11) is 0. The van der Waals surface area contributed by atoms with E-state index in [1.54, 1.807) is 23.1 Å². The highest BCUT2D eigenvalue weighted by Crippen LogP contribution is 2.38. The molecule has 1 aliphatic rings. The van der Waals surface area contributed by atoms with Crippen molar-refractivity contribution in [3.63, 3.8) is 0 Å². The molecular formula is C11H9BrN2OS2. The van der Waals surface area contributed by atoms with Crippen molar-refractivity contribution in [2.75, 3.05) is 5.75 Å². The summed E-state index contributed by atoms with van der Waals surface area (Å²) in [6.07, 6.45) is 0. The van der Waals surface area contributed by atoms with Gasteiger partial charge in [-0.2, -0.15) is 4.98 Å². The fraction of sp³-hybridized carbons (Fsp3) is 0.273. The van der Waals surface area contributed by atoms with Crippen molar-refractivity contribution in [1.82, 2.24) is 9.55 Å². The highest BCUT2D eigenvalue weighted by atomic mass is 79.9. The second kappa shape index (κ2) is 3.96. The number of fused-ring (bicyclic) bond motifs is 3. The molecule has 2 aromatic rings. The highest BCUT2D eigenvalue weighted by Gasteiger charge is 2.23. The van der Waals surface area contributed by atoms with Gasteiger partial charge in [0.1, 0.15) is 4.83 Å². The number of rotatable bonds is 0. The van der Waals surface area contributed by atoms with Gasteiger partial charge in [0.05, 0.1) is 5.39 Å². The van der Waals surface area contributed by atoms with Crippen LogP contribution in [0, 0.1) is 13.8 Å². The van der Waals surface area contributed by atoms with E-state index in [1.807, 2.05) is 18.8 Å². The van der Waals surface area contributed by atoms with Gasteiger partial charge < -0.3 is 0 Å². The average molecular weight is 329 g/mol. The summed E-state index contributed by atoms with van der Waals surface area (Å²) in [5.41, 5.74) is 2.10. The van der Waals surface area contributed by atoms with Crippen LogP contribution in [0.2, 0.25) is 0 Å². The minimum Gasteiger partial charge on any atom is -0.282 e. The first-order valence-electron chi connectivity index (χ1n) is 5.08. The van der Waals surface area contributed by atoms with Gasteiger partial charge in [-0.1, -0.05) is 27.7 Å². The zero-order valence-corrected chi connectivity index (χ0v) is 12.5. The Hall–Kier alpha value is -0.590. The summed E-state index contributed by atoms with van der Waals surface area (Å²) >= 11 is 6.65. The van der Waals surface area contributed by atoms with Crippen LogP contribution in [0.5, 0.6) is 0 Å². The van der Waals surface area contributed by atoms with Gasteiger partial charge in [-0.05, 0) is 19.4 Å². The Morgan fingerprint density at radius 2 is 2.24 bits per heavy atom. The maximum absolute atomic E-state index is 12.0. The Morgan fingerprint density at radius 1 is 1.47 bits per heavy atom. The molecule has 0 saturated heterocycles. The molecule has 88 valence electrons. The Labute approximate surface area is 115 Å². The molecule has 0 N–H and O–H groups in total. The number of nitrogens with zero attached hydrogens (tertiary/aromatic N) is 2. The SMILES string of the molecule is Cc1sc2c(c1C)c(=O)nc1n2C(=CBr)CS1. The third-order valence-electron chi connectivity index (χ3n) is 2.93. The first-order chi connectivity index (χ1) is 8.13. The van der Waals surface area contributed by atoms with E-state index in [9.17, 15) is 4.79 Å². The van der Waals surface area contributed by atoms with E-state index >= 15 is 0 Å². The lowest BCUT2D eigenvalue weighted by Gasteiger charge is -2.04. The Morgan fingerprint density at radius 3 is 2.94 bits per heavy atom. The lowest BCUT2D eigenvalue weighted by atomic mass is 10.2. The van der Waals surface area contributed by atoms with Crippen LogP contribution in [-0.4, -0.2) is 15.3 Å². The molecule has 6 heteroatoms. The first kappa shape index (κ1) is 11.5. The lowest BCUT2D eigenvalue weighted by Crippen LogP contribution is -2.11. The van der Waals surface area contributed by atoms with E-state index in [0.29, 0.717) is 0 Å². The van der Waals surface area contributed by atoms with Crippen molar-refractivity contribution in [2.45, 2.75) is 19.0 Å². The van der Waals surface area contributed by atoms with Crippen LogP contribution in [-0.2, 0) is 0 Å². The Bertz CT molecular complexity index is 714. The average Bonchev–Trinajstić information content (AvgIpc) is 2.82. The van der Waals surface area contributed by atoms with Gasteiger partial charge in [0.25, 0.3) is 5.56 Å². The van der Waals surface area contributed by atoms with Crippen molar-refractivity contribution in [2.24, 2.45) is 0 Å². The molecule has 0 unspecified atom stereocenters. The summed E-state index contributed by atoms with van der Waals surface area (Å²) in [6.45, 7) is 4.04. The van der Waals surface area contributed by atoms with Gasteiger partial charge in [0, 0.05) is 21.3 Å². The topological polar surface area (TPSA) is 34.9 Å². The minimum absolute atomic E-state index is 0.101. The molecule has 0 atom stereocenters. The number of thiophene rings is 1. The van der Waals surface area contributed by atoms with Crippen molar-refractivity contribution >= 4 is 54.9 Å². The fourth-order valence-corrected chi connectivity index (χ4v) is 4.73. The Balaban J connectivity index is 2.54. The van der Waals surface area contributed by atoms with E-state index in [2.05, 4.69) is 25.5 Å². The summed E-state index contributed by atoms with van der Waals surface area (Å²) in [6, 6.07) is 0. The lowest BCUT2D eigenvalue weighted by molar-refractivity contribution is 0.892. The standard InChI is InChI=1S/C11H9BrN2OS2/c1-5-6(2)17-10-8(5)9(15)13-11-14(10)7(3-12)4-16-11/h3H,4H2,1-2H3. The first-order valence-corrected chi connectivity index (χ1v) is 7.80. The molecule has 0 aromatic carbocycles. The van der Waals surface area contributed by atoms with Crippen LogP contribution in [0.4, 0.5) is 0 Å². The number of aryl methyl sites for hydroxylation is 2. The third kappa shape index (κ3) is 1.54. The molecule has 3 heterocycles. The highest BCUT2D eigenvalue weighted by molar-refractivity contribution is 9.11. The summed E-state index contributed by atoms with van der Waals surface area (Å²) in [5, 5.41) is 1.57. The second-order valence-corrected chi connectivity index (χ2v) is 6.49. The maximum Gasteiger partial charge on any atom is 0.282 e. The molecule has 0 amide bonds. The molecule has 3 nitrogen and oxygen atoms in total. The fourth-order valence-electron chi connectivity index (χ4n) is 1.93. The predicted octanol–water partition coefficient (Wildman–Crippen LogP) is 3.37. The quantitative estimate of drug-likeness (QED) is 0.695. The van der Waals surface area contributed by atoms with Gasteiger partial charge in [0.2, 0.25) is 0 Å². The van der Waals surface area contributed by atoms with Crippen LogP contribution in [0.15, 0.2) is 14.9 Å². The van der Waals surface area contributed by atoms with Crippen molar-refractivity contribution in [1.29, 1.82) is 0 Å². The largest absolute Gasteiger partial charge is 0.282 e. The molecule has 1 aliphatic heterocycles. The molecule has 0 bridgehead atoms. The molecule has 0 saturated carbocycles. The molecule has 0 aliphatic carbocycles. The zero-order valence-electron chi connectivity index (χ0n) is 9.28. The molecule has 0 radical (unpaired) electrons. The molecule has 0 spiro atoms. The van der Waals surface area contributed by atoms with Crippen molar-refractivity contribution < 1.29 is 0 Å². The van der Waals surface area contributed by atoms with Gasteiger partial charge in [-0.25, -0.2) is 0 Å². The predicted molar refractivity (Wildman–Crippen MR) is 77.3 cm³/mol. The minimum atomic E-state index is -0.101. The normalized spacial score (nSPS) is 17.0. The van der Waals surface area contributed by atoms with Crippen LogP contribution in [0.25, 0.3) is 15.9 Å². The molecule has 2 aromatic heterocycles. The smallest absolute Gasteiger partial charge is 0.282 e. The van der Waals surface area contributed by atoms with E-state index in [0.717, 1.165) is 32.4 Å². The van der Waals surface area contributed by atoms with Crippen LogP contribution < -0.4 is 5.56 Å². The van der Waals surface area contributed by atoms with Gasteiger partial charge in [-0.3, -0.25) is 9.36 Å². The molecule has 0 fully saturated rings. The van der Waals surface area contributed by atoms with E-state index in [-0.39, 0.29) is 5.56 Å². The van der Waals surface area contributed by atoms with Crippen LogP contribution >= 0.6 is 39.0 Å². The van der Waals surface area contributed by atoms with E-state index in [4.69, 9.17) is 0 Å². The van der Waals surface area contributed by atoms with Gasteiger partial charge in [-0.15, -0.1) is 11.3 Å². The van der Waals surface area contributed by atoms with Crippen molar-refractivity contribution in [3.8, 4) is 0 Å². The molecule has 3 rings (SSSR count). The monoisotopic (exact) mass is 328 g/mol. The number of thioether (sulfide) groups is 1. The van der Waals surface area contributed by atoms with Gasteiger partial charge >= 0.3 is 0 Å². The zero-order chi connectivity index (χ0) is 12.2. The summed E-state index contributed by atoms with van der Waals surface area (Å²) in [5.74, 6) is 0.854. The number of hydrogen-bond donors (Lipinski definition) is 0. The summed E-state index contributed by atoms with van der Waals surface area (Å²) in [4.78, 5) is 20.3. The van der Waals surface area contributed by atoms with E-state index < -0.39 is 0 Å². The number of aromatic nitrogens is 2. The maximum atomic E-state index is 12.0. The van der Waals surface area contributed by atoms with Crippen molar-refractivity contribution in [3.05, 3.63) is 25.8 Å². The third-order valence-corrected chi connectivity index (χ3v) is 5.63. The van der Waals surface area contributed by atoms with Crippen LogP contribution in [0.3, 0.4) is 0 Å². The molecule has 17 heavy (non-hydrogen) atoms. The van der Waals surface area contributed by atoms with Gasteiger partial charge in [0.15, 0.2) is 5.16 Å².